The molecule has 1 aliphatic rings. The molecule has 3 nitrogen and oxygen atoms in total. The van der Waals surface area contributed by atoms with Crippen molar-refractivity contribution in [2.75, 3.05) is 6.61 Å². The van der Waals surface area contributed by atoms with Crippen LogP contribution in [0.3, 0.4) is 0 Å². The molecule has 20 heavy (non-hydrogen) atoms. The van der Waals surface area contributed by atoms with Crippen LogP contribution >= 0.6 is 0 Å². The molecular weight excluding hydrogens is 268 g/mol. The summed E-state index contributed by atoms with van der Waals surface area (Å²) in [4.78, 5) is 11.2. The monoisotopic (exact) mass is 298 g/mol. The van der Waals surface area contributed by atoms with E-state index < -0.39 is 14.0 Å². The van der Waals surface area contributed by atoms with Crippen LogP contribution in [0, 0.1) is 0 Å². The SMILES string of the molecule is C=C(CC(C1CCCCO1)[Si](CC)(CC)CC)C(=O)O. The summed E-state index contributed by atoms with van der Waals surface area (Å²) in [5, 5.41) is 9.19. The molecular formula is C16H30O3Si. The van der Waals surface area contributed by atoms with Crippen molar-refractivity contribution in [2.45, 2.75) is 76.2 Å². The van der Waals surface area contributed by atoms with Crippen LogP contribution in [-0.2, 0) is 9.53 Å². The molecule has 116 valence electrons. The van der Waals surface area contributed by atoms with Crippen molar-refractivity contribution in [2.24, 2.45) is 0 Å². The van der Waals surface area contributed by atoms with Crippen LogP contribution in [0.5, 0.6) is 0 Å². The summed E-state index contributed by atoms with van der Waals surface area (Å²) in [5.41, 5.74) is 0.766. The minimum Gasteiger partial charge on any atom is -0.478 e. The highest BCUT2D eigenvalue weighted by Crippen LogP contribution is 2.43. The lowest BCUT2D eigenvalue weighted by atomic mass is 10.0. The second kappa shape index (κ2) is 7.98. The Labute approximate surface area is 124 Å². The minimum absolute atomic E-state index is 0.256. The van der Waals surface area contributed by atoms with Crippen LogP contribution in [0.2, 0.25) is 23.7 Å². The van der Waals surface area contributed by atoms with Gasteiger partial charge in [0.05, 0.1) is 14.2 Å². The van der Waals surface area contributed by atoms with Crippen LogP contribution in [0.4, 0.5) is 0 Å². The molecule has 0 aromatic rings. The first kappa shape index (κ1) is 17.4. The van der Waals surface area contributed by atoms with Crippen molar-refractivity contribution in [3.05, 3.63) is 12.2 Å². The summed E-state index contributed by atoms with van der Waals surface area (Å²) in [5.74, 6) is -0.850. The van der Waals surface area contributed by atoms with Crippen LogP contribution in [0.25, 0.3) is 0 Å². The average Bonchev–Trinajstić information content (AvgIpc) is 2.48. The standard InChI is InChI=1S/C16H30O3Si/c1-5-20(6-2,7-3)15(12-13(4)16(17)18)14-10-8-9-11-19-14/h14-15H,4-12H2,1-3H3,(H,17,18). The predicted octanol–water partition coefficient (Wildman–Crippen LogP) is 4.47. The van der Waals surface area contributed by atoms with E-state index in [-0.39, 0.29) is 6.10 Å². The predicted molar refractivity (Wildman–Crippen MR) is 85.9 cm³/mol. The lowest BCUT2D eigenvalue weighted by Crippen LogP contribution is -2.45. The highest BCUT2D eigenvalue weighted by atomic mass is 28.3. The average molecular weight is 298 g/mol. The molecule has 0 aromatic heterocycles. The van der Waals surface area contributed by atoms with E-state index in [9.17, 15) is 9.90 Å². The van der Waals surface area contributed by atoms with Gasteiger partial charge in [0.15, 0.2) is 0 Å². The van der Waals surface area contributed by atoms with Gasteiger partial charge in [-0.25, -0.2) is 4.79 Å². The fraction of sp³-hybridized carbons (Fsp3) is 0.812. The Hall–Kier alpha value is -0.613. The molecule has 0 aromatic carbocycles. The summed E-state index contributed by atoms with van der Waals surface area (Å²) < 4.78 is 6.03. The Bertz CT molecular complexity index is 322. The Morgan fingerprint density at radius 3 is 2.30 bits per heavy atom. The third-order valence-corrected chi connectivity index (χ3v) is 11.7. The van der Waals surface area contributed by atoms with Gasteiger partial charge in [-0.1, -0.05) is 45.5 Å². The first-order chi connectivity index (χ1) is 9.50. The molecule has 4 heteroatoms. The third-order valence-electron chi connectivity index (χ3n) is 5.33. The Balaban J connectivity index is 2.97. The molecule has 0 radical (unpaired) electrons. The van der Waals surface area contributed by atoms with Crippen molar-refractivity contribution >= 4 is 14.0 Å². The lowest BCUT2D eigenvalue weighted by molar-refractivity contribution is -0.132. The van der Waals surface area contributed by atoms with E-state index in [0.29, 0.717) is 17.5 Å². The fourth-order valence-electron chi connectivity index (χ4n) is 3.71. The van der Waals surface area contributed by atoms with Crippen molar-refractivity contribution < 1.29 is 14.6 Å². The van der Waals surface area contributed by atoms with Crippen LogP contribution in [0.1, 0.15) is 46.5 Å². The van der Waals surface area contributed by atoms with E-state index in [1.165, 1.54) is 24.6 Å². The minimum atomic E-state index is -1.49. The molecule has 0 saturated carbocycles. The zero-order valence-corrected chi connectivity index (χ0v) is 14.3. The maximum absolute atomic E-state index is 11.2. The van der Waals surface area contributed by atoms with Gasteiger partial charge in [0.2, 0.25) is 0 Å². The largest absolute Gasteiger partial charge is 0.478 e. The van der Waals surface area contributed by atoms with E-state index in [2.05, 4.69) is 27.4 Å². The van der Waals surface area contributed by atoms with Gasteiger partial charge in [-0.2, -0.15) is 0 Å². The van der Waals surface area contributed by atoms with E-state index >= 15 is 0 Å². The molecule has 1 fully saturated rings. The molecule has 1 heterocycles. The first-order valence-electron chi connectivity index (χ1n) is 8.03. The highest BCUT2D eigenvalue weighted by Gasteiger charge is 2.42. The number of hydrogen-bond donors (Lipinski definition) is 1. The number of carboxylic acid groups (broad SMARTS) is 1. The summed E-state index contributed by atoms with van der Waals surface area (Å²) in [6, 6.07) is 3.62. The molecule has 1 N–H and O–H groups in total. The Morgan fingerprint density at radius 2 is 1.90 bits per heavy atom. The van der Waals surface area contributed by atoms with E-state index in [1.54, 1.807) is 0 Å². The Kier molecular flexibility index (Phi) is 6.96. The smallest absolute Gasteiger partial charge is 0.330 e. The van der Waals surface area contributed by atoms with E-state index in [4.69, 9.17) is 4.74 Å². The number of ether oxygens (including phenoxy) is 1. The van der Waals surface area contributed by atoms with E-state index in [0.717, 1.165) is 19.4 Å². The fourth-order valence-corrected chi connectivity index (χ4v) is 8.52. The molecule has 1 saturated heterocycles. The van der Waals surface area contributed by atoms with Gasteiger partial charge < -0.3 is 9.84 Å². The van der Waals surface area contributed by atoms with Gasteiger partial charge in [-0.15, -0.1) is 0 Å². The zero-order chi connectivity index (χ0) is 15.2. The topological polar surface area (TPSA) is 46.5 Å². The second-order valence-electron chi connectivity index (χ2n) is 6.05. The third kappa shape index (κ3) is 3.95. The molecule has 1 aliphatic heterocycles. The molecule has 0 bridgehead atoms. The molecule has 0 amide bonds. The normalized spacial score (nSPS) is 21.4. The zero-order valence-electron chi connectivity index (χ0n) is 13.3. The van der Waals surface area contributed by atoms with Gasteiger partial charge in [0.1, 0.15) is 0 Å². The summed E-state index contributed by atoms with van der Waals surface area (Å²) in [6.45, 7) is 11.4. The molecule has 0 spiro atoms. The highest BCUT2D eigenvalue weighted by molar-refractivity contribution is 6.81. The van der Waals surface area contributed by atoms with E-state index in [1.807, 2.05) is 0 Å². The number of hydrogen-bond acceptors (Lipinski definition) is 2. The van der Waals surface area contributed by atoms with Gasteiger partial charge >= 0.3 is 5.97 Å². The number of carboxylic acids is 1. The molecule has 1 rings (SSSR count). The number of aliphatic carboxylic acids is 1. The first-order valence-corrected chi connectivity index (χ1v) is 10.7. The molecule has 2 unspecified atom stereocenters. The van der Waals surface area contributed by atoms with Gasteiger partial charge in [0.25, 0.3) is 0 Å². The summed E-state index contributed by atoms with van der Waals surface area (Å²) >= 11 is 0. The van der Waals surface area contributed by atoms with Crippen LogP contribution < -0.4 is 0 Å². The number of carbonyl (C=O) groups is 1. The maximum atomic E-state index is 11.2. The summed E-state index contributed by atoms with van der Waals surface area (Å²) in [6.07, 6.45) is 4.31. The van der Waals surface area contributed by atoms with Gasteiger partial charge in [0, 0.05) is 12.2 Å². The van der Waals surface area contributed by atoms with Crippen LogP contribution in [-0.4, -0.2) is 31.9 Å². The number of rotatable bonds is 8. The second-order valence-corrected chi connectivity index (χ2v) is 11.6. The van der Waals surface area contributed by atoms with Gasteiger partial charge in [-0.05, 0) is 31.2 Å². The van der Waals surface area contributed by atoms with Crippen molar-refractivity contribution in [1.82, 2.24) is 0 Å². The molecule has 0 aliphatic carbocycles. The quantitative estimate of drug-likeness (QED) is 0.531. The summed E-state index contributed by atoms with van der Waals surface area (Å²) in [7, 11) is -1.49. The lowest BCUT2D eigenvalue weighted by Gasteiger charge is -2.43. The van der Waals surface area contributed by atoms with Crippen molar-refractivity contribution in [1.29, 1.82) is 0 Å². The van der Waals surface area contributed by atoms with Crippen molar-refractivity contribution in [3.63, 3.8) is 0 Å². The van der Waals surface area contributed by atoms with Crippen molar-refractivity contribution in [3.8, 4) is 0 Å². The maximum Gasteiger partial charge on any atom is 0.330 e. The Morgan fingerprint density at radius 1 is 1.30 bits per heavy atom. The van der Waals surface area contributed by atoms with Crippen LogP contribution in [0.15, 0.2) is 12.2 Å². The molecule has 2 atom stereocenters. The van der Waals surface area contributed by atoms with Gasteiger partial charge in [-0.3, -0.25) is 0 Å².